The highest BCUT2D eigenvalue weighted by molar-refractivity contribution is 5.88. The molecule has 0 atom stereocenters. The van der Waals surface area contributed by atoms with Crippen molar-refractivity contribution in [3.63, 3.8) is 0 Å². The zero-order valence-corrected chi connectivity index (χ0v) is 8.28. The van der Waals surface area contributed by atoms with Gasteiger partial charge < -0.3 is 15.7 Å². The fourth-order valence-corrected chi connectivity index (χ4v) is 1.09. The molecule has 0 heterocycles. The summed E-state index contributed by atoms with van der Waals surface area (Å²) in [5.41, 5.74) is 1.54. The largest absolute Gasteiger partial charge is 0.465 e. The minimum atomic E-state index is -1.05. The minimum Gasteiger partial charge on any atom is -0.465 e. The molecule has 0 saturated heterocycles. The van der Waals surface area contributed by atoms with Crippen LogP contribution in [0.15, 0.2) is 24.3 Å². The monoisotopic (exact) mass is 208 g/mol. The summed E-state index contributed by atoms with van der Waals surface area (Å²) in [6.45, 7) is 1.69. The highest BCUT2D eigenvalue weighted by atomic mass is 16.4. The molecule has 1 aromatic carbocycles. The van der Waals surface area contributed by atoms with Gasteiger partial charge >= 0.3 is 6.09 Å². The Morgan fingerprint density at radius 3 is 2.33 bits per heavy atom. The summed E-state index contributed by atoms with van der Waals surface area (Å²) in [6.07, 6.45) is -1.05. The molecule has 0 radical (unpaired) electrons. The van der Waals surface area contributed by atoms with Gasteiger partial charge in [-0.2, -0.15) is 0 Å². The van der Waals surface area contributed by atoms with E-state index in [4.69, 9.17) is 5.11 Å². The molecular formula is C10H12N2O3. The van der Waals surface area contributed by atoms with E-state index >= 15 is 0 Å². The lowest BCUT2D eigenvalue weighted by Gasteiger charge is -2.04. The summed E-state index contributed by atoms with van der Waals surface area (Å²) in [5.74, 6) is -0.133. The number of carboxylic acid groups (broad SMARTS) is 1. The van der Waals surface area contributed by atoms with E-state index in [0.717, 1.165) is 5.56 Å². The molecule has 2 amide bonds. The molecule has 1 rings (SSSR count). The van der Waals surface area contributed by atoms with Crippen LogP contribution in [0.2, 0.25) is 0 Å². The van der Waals surface area contributed by atoms with E-state index in [1.807, 2.05) is 0 Å². The number of carbonyl (C=O) groups excluding carboxylic acids is 1. The molecule has 0 aliphatic heterocycles. The van der Waals surface area contributed by atoms with Gasteiger partial charge in [-0.3, -0.25) is 4.79 Å². The Kier molecular flexibility index (Phi) is 3.68. The summed E-state index contributed by atoms with van der Waals surface area (Å²) >= 11 is 0. The van der Waals surface area contributed by atoms with E-state index < -0.39 is 6.09 Å². The molecule has 0 saturated carbocycles. The first-order valence-electron chi connectivity index (χ1n) is 4.41. The third-order valence-electron chi connectivity index (χ3n) is 1.72. The van der Waals surface area contributed by atoms with E-state index in [2.05, 4.69) is 10.6 Å². The van der Waals surface area contributed by atoms with Crippen LogP contribution in [0, 0.1) is 0 Å². The highest BCUT2D eigenvalue weighted by Crippen LogP contribution is 2.09. The number of nitrogens with one attached hydrogen (secondary N) is 2. The van der Waals surface area contributed by atoms with Crippen molar-refractivity contribution < 1.29 is 14.7 Å². The summed E-state index contributed by atoms with van der Waals surface area (Å²) in [5, 5.41) is 13.3. The normalized spacial score (nSPS) is 9.40. The van der Waals surface area contributed by atoms with Gasteiger partial charge in [0.05, 0.1) is 0 Å². The van der Waals surface area contributed by atoms with E-state index in [-0.39, 0.29) is 12.5 Å². The summed E-state index contributed by atoms with van der Waals surface area (Å²) in [6, 6.07) is 6.95. The lowest BCUT2D eigenvalue weighted by Crippen LogP contribution is -2.19. The maximum absolute atomic E-state index is 10.7. The minimum absolute atomic E-state index is 0.133. The Hall–Kier alpha value is -2.04. The van der Waals surface area contributed by atoms with Crippen molar-refractivity contribution in [3.05, 3.63) is 29.8 Å². The molecule has 5 heteroatoms. The fraction of sp³-hybridized carbons (Fsp3) is 0.200. The van der Waals surface area contributed by atoms with E-state index in [0.29, 0.717) is 5.69 Å². The average Bonchev–Trinajstić information content (AvgIpc) is 2.16. The smallest absolute Gasteiger partial charge is 0.404 e. The molecule has 0 unspecified atom stereocenters. The second-order valence-electron chi connectivity index (χ2n) is 3.04. The van der Waals surface area contributed by atoms with Crippen LogP contribution in [-0.2, 0) is 11.3 Å². The van der Waals surface area contributed by atoms with Gasteiger partial charge in [0, 0.05) is 19.2 Å². The first kappa shape index (κ1) is 11.0. The van der Waals surface area contributed by atoms with Gasteiger partial charge in [-0.15, -0.1) is 0 Å². The van der Waals surface area contributed by atoms with Crippen LogP contribution in [0.5, 0.6) is 0 Å². The zero-order chi connectivity index (χ0) is 11.3. The fourth-order valence-electron chi connectivity index (χ4n) is 1.09. The lowest BCUT2D eigenvalue weighted by atomic mass is 10.2. The highest BCUT2D eigenvalue weighted by Gasteiger charge is 1.98. The van der Waals surface area contributed by atoms with Gasteiger partial charge in [-0.25, -0.2) is 4.79 Å². The molecule has 1 aromatic rings. The number of anilines is 1. The van der Waals surface area contributed by atoms with Crippen molar-refractivity contribution in [2.75, 3.05) is 5.32 Å². The van der Waals surface area contributed by atoms with Crippen LogP contribution in [0.1, 0.15) is 12.5 Å². The van der Waals surface area contributed by atoms with Crippen LogP contribution in [0.25, 0.3) is 0 Å². The molecule has 5 nitrogen and oxygen atoms in total. The van der Waals surface area contributed by atoms with Gasteiger partial charge in [-0.1, -0.05) is 12.1 Å². The maximum atomic E-state index is 10.7. The van der Waals surface area contributed by atoms with Crippen LogP contribution >= 0.6 is 0 Å². The molecule has 80 valence electrons. The first-order chi connectivity index (χ1) is 7.08. The number of hydrogen-bond donors (Lipinski definition) is 3. The predicted octanol–water partition coefficient (Wildman–Crippen LogP) is 1.41. The topological polar surface area (TPSA) is 78.4 Å². The Labute approximate surface area is 87.1 Å². The molecule has 0 spiro atoms. The SMILES string of the molecule is CC(=O)Nc1ccc(CNC(=O)O)cc1. The average molecular weight is 208 g/mol. The van der Waals surface area contributed by atoms with Crippen LogP contribution in [-0.4, -0.2) is 17.1 Å². The molecule has 0 aliphatic carbocycles. The first-order valence-corrected chi connectivity index (χ1v) is 4.41. The number of carbonyl (C=O) groups is 2. The molecule has 15 heavy (non-hydrogen) atoms. The van der Waals surface area contributed by atoms with E-state index in [1.165, 1.54) is 6.92 Å². The van der Waals surface area contributed by atoms with Crippen molar-refractivity contribution >= 4 is 17.7 Å². The third kappa shape index (κ3) is 4.12. The van der Waals surface area contributed by atoms with Crippen molar-refractivity contribution in [1.82, 2.24) is 5.32 Å². The molecule has 0 aromatic heterocycles. The van der Waals surface area contributed by atoms with Gasteiger partial charge in [0.2, 0.25) is 5.91 Å². The van der Waals surface area contributed by atoms with Crippen molar-refractivity contribution in [3.8, 4) is 0 Å². The zero-order valence-electron chi connectivity index (χ0n) is 8.28. The van der Waals surface area contributed by atoms with Crippen molar-refractivity contribution in [2.45, 2.75) is 13.5 Å². The van der Waals surface area contributed by atoms with Gasteiger partial charge in [-0.05, 0) is 17.7 Å². The molecular weight excluding hydrogens is 196 g/mol. The van der Waals surface area contributed by atoms with E-state index in [9.17, 15) is 9.59 Å². The number of hydrogen-bond acceptors (Lipinski definition) is 2. The second kappa shape index (κ2) is 4.99. The summed E-state index contributed by atoms with van der Waals surface area (Å²) < 4.78 is 0. The molecule has 3 N–H and O–H groups in total. The van der Waals surface area contributed by atoms with E-state index in [1.54, 1.807) is 24.3 Å². The van der Waals surface area contributed by atoms with Crippen molar-refractivity contribution in [2.24, 2.45) is 0 Å². The number of rotatable bonds is 3. The summed E-state index contributed by atoms with van der Waals surface area (Å²) in [4.78, 5) is 20.9. The number of benzene rings is 1. The second-order valence-corrected chi connectivity index (χ2v) is 3.04. The molecule has 0 aliphatic rings. The number of amides is 2. The van der Waals surface area contributed by atoms with Gasteiger partial charge in [0.1, 0.15) is 0 Å². The maximum Gasteiger partial charge on any atom is 0.404 e. The molecule has 0 bridgehead atoms. The molecule has 0 fully saturated rings. The predicted molar refractivity (Wildman–Crippen MR) is 55.6 cm³/mol. The van der Waals surface area contributed by atoms with Crippen LogP contribution in [0.3, 0.4) is 0 Å². The third-order valence-corrected chi connectivity index (χ3v) is 1.72. The summed E-state index contributed by atoms with van der Waals surface area (Å²) in [7, 11) is 0. The van der Waals surface area contributed by atoms with Gasteiger partial charge in [0.25, 0.3) is 0 Å². The lowest BCUT2D eigenvalue weighted by molar-refractivity contribution is -0.114. The quantitative estimate of drug-likeness (QED) is 0.702. The Morgan fingerprint density at radius 2 is 1.87 bits per heavy atom. The van der Waals surface area contributed by atoms with Crippen LogP contribution < -0.4 is 10.6 Å². The van der Waals surface area contributed by atoms with Crippen LogP contribution in [0.4, 0.5) is 10.5 Å². The Morgan fingerprint density at radius 1 is 1.27 bits per heavy atom. The Balaban J connectivity index is 2.56. The Bertz CT molecular complexity index is 359. The van der Waals surface area contributed by atoms with Crippen molar-refractivity contribution in [1.29, 1.82) is 0 Å². The van der Waals surface area contributed by atoms with Gasteiger partial charge in [0.15, 0.2) is 0 Å². The standard InChI is InChI=1S/C10H12N2O3/c1-7(13)12-9-4-2-8(3-5-9)6-11-10(14)15/h2-5,11H,6H2,1H3,(H,12,13)(H,14,15).